The lowest BCUT2D eigenvalue weighted by atomic mass is 10.1. The van der Waals surface area contributed by atoms with Crippen LogP contribution in [0.2, 0.25) is 0 Å². The van der Waals surface area contributed by atoms with Crippen molar-refractivity contribution in [1.82, 2.24) is 9.97 Å². The van der Waals surface area contributed by atoms with Gasteiger partial charge in [-0.15, -0.1) is 0 Å². The molecule has 1 heterocycles. The summed E-state index contributed by atoms with van der Waals surface area (Å²) in [5, 5.41) is 17.1. The van der Waals surface area contributed by atoms with E-state index in [9.17, 15) is 4.79 Å². The lowest BCUT2D eigenvalue weighted by Gasteiger charge is -2.02. The minimum Gasteiger partial charge on any atom is -0.478 e. The third-order valence-electron chi connectivity index (χ3n) is 2.88. The number of nitriles is 1. The Morgan fingerprint density at radius 1 is 1.14 bits per heavy atom. The molecule has 0 saturated carbocycles. The molecule has 0 aliphatic rings. The maximum absolute atomic E-state index is 10.3. The molecule has 1 N–H and O–H groups in total. The Morgan fingerprint density at radius 2 is 1.82 bits per heavy atom. The second-order valence-electron chi connectivity index (χ2n) is 4.43. The molecule has 0 radical (unpaired) electrons. The van der Waals surface area contributed by atoms with Gasteiger partial charge in [-0.05, 0) is 17.5 Å². The van der Waals surface area contributed by atoms with Gasteiger partial charge in [-0.1, -0.05) is 42.5 Å². The van der Waals surface area contributed by atoms with Gasteiger partial charge in [-0.3, -0.25) is 0 Å². The number of carbonyl (C=O) groups is 1. The van der Waals surface area contributed by atoms with E-state index in [1.807, 2.05) is 36.4 Å². The number of hydrogen-bond donors (Lipinski definition) is 1. The van der Waals surface area contributed by atoms with Crippen molar-refractivity contribution in [2.75, 3.05) is 0 Å². The summed E-state index contributed by atoms with van der Waals surface area (Å²) in [7, 11) is 0. The van der Waals surface area contributed by atoms with E-state index in [1.54, 1.807) is 18.5 Å². The number of benzene rings is 1. The van der Waals surface area contributed by atoms with Crippen molar-refractivity contribution in [3.05, 3.63) is 72.4 Å². The molecule has 108 valence electrons. The van der Waals surface area contributed by atoms with Crippen molar-refractivity contribution in [2.45, 2.75) is 6.42 Å². The van der Waals surface area contributed by atoms with Gasteiger partial charge in [0.25, 0.3) is 0 Å². The standard InChI is InChI=1S/C17H13N3O2/c18-10-16-19-11-15(12-20-16)14-8-6-13(7-9-14)4-2-1-3-5-17(21)22/h1-3,5-9,11-12H,4H2,(H,21,22). The molecule has 2 aromatic rings. The average Bonchev–Trinajstić information content (AvgIpc) is 2.55. The highest BCUT2D eigenvalue weighted by Crippen LogP contribution is 2.18. The van der Waals surface area contributed by atoms with E-state index in [1.165, 1.54) is 6.08 Å². The summed E-state index contributed by atoms with van der Waals surface area (Å²) < 4.78 is 0. The second-order valence-corrected chi connectivity index (χ2v) is 4.43. The first-order chi connectivity index (χ1) is 10.7. The molecule has 5 heteroatoms. The van der Waals surface area contributed by atoms with Gasteiger partial charge in [0.05, 0.1) is 0 Å². The molecule has 1 aromatic carbocycles. The predicted molar refractivity (Wildman–Crippen MR) is 81.8 cm³/mol. The Hall–Kier alpha value is -3.26. The number of aliphatic carboxylic acids is 1. The third kappa shape index (κ3) is 4.39. The molecule has 0 aliphatic heterocycles. The van der Waals surface area contributed by atoms with Gasteiger partial charge in [0.1, 0.15) is 6.07 Å². The number of hydrogen-bond acceptors (Lipinski definition) is 4. The first kappa shape index (κ1) is 15.1. The maximum atomic E-state index is 10.3. The van der Waals surface area contributed by atoms with Crippen molar-refractivity contribution in [3.63, 3.8) is 0 Å². The normalized spacial score (nSPS) is 10.9. The fourth-order valence-electron chi connectivity index (χ4n) is 1.79. The highest BCUT2D eigenvalue weighted by molar-refractivity contribution is 5.80. The Balaban J connectivity index is 2.00. The molecule has 0 spiro atoms. The van der Waals surface area contributed by atoms with Crippen molar-refractivity contribution in [2.24, 2.45) is 0 Å². The summed E-state index contributed by atoms with van der Waals surface area (Å²) in [5.41, 5.74) is 2.94. The van der Waals surface area contributed by atoms with Crippen LogP contribution in [-0.2, 0) is 11.2 Å². The van der Waals surface area contributed by atoms with Crippen LogP contribution in [0.25, 0.3) is 11.1 Å². The fourth-order valence-corrected chi connectivity index (χ4v) is 1.79. The van der Waals surface area contributed by atoms with Gasteiger partial charge >= 0.3 is 5.97 Å². The quantitative estimate of drug-likeness (QED) is 0.676. The smallest absolute Gasteiger partial charge is 0.328 e. The predicted octanol–water partition coefficient (Wildman–Crippen LogP) is 2.75. The van der Waals surface area contributed by atoms with Crippen LogP contribution >= 0.6 is 0 Å². The summed E-state index contributed by atoms with van der Waals surface area (Å²) >= 11 is 0. The van der Waals surface area contributed by atoms with Gasteiger partial charge in [0.2, 0.25) is 5.82 Å². The van der Waals surface area contributed by atoms with Crippen molar-refractivity contribution >= 4 is 5.97 Å². The van der Waals surface area contributed by atoms with Crippen LogP contribution in [0.5, 0.6) is 0 Å². The van der Waals surface area contributed by atoms with Crippen LogP contribution in [0.1, 0.15) is 11.4 Å². The first-order valence-electron chi connectivity index (χ1n) is 6.56. The zero-order valence-electron chi connectivity index (χ0n) is 11.7. The van der Waals surface area contributed by atoms with Gasteiger partial charge in [-0.2, -0.15) is 5.26 Å². The zero-order valence-corrected chi connectivity index (χ0v) is 11.7. The molecule has 0 aliphatic carbocycles. The number of allylic oxidation sites excluding steroid dienone is 3. The van der Waals surface area contributed by atoms with Crippen LogP contribution in [0.3, 0.4) is 0 Å². The lowest BCUT2D eigenvalue weighted by Crippen LogP contribution is -1.89. The van der Waals surface area contributed by atoms with E-state index in [0.717, 1.165) is 22.8 Å². The molecule has 1 aromatic heterocycles. The number of carboxylic acids is 1. The van der Waals surface area contributed by atoms with Crippen LogP contribution in [-0.4, -0.2) is 21.0 Å². The van der Waals surface area contributed by atoms with Crippen molar-refractivity contribution in [1.29, 1.82) is 5.26 Å². The fraction of sp³-hybridized carbons (Fsp3) is 0.0588. The van der Waals surface area contributed by atoms with Crippen LogP contribution < -0.4 is 0 Å². The first-order valence-corrected chi connectivity index (χ1v) is 6.56. The molecule has 0 saturated heterocycles. The molecule has 0 atom stereocenters. The van der Waals surface area contributed by atoms with Crippen LogP contribution in [0.15, 0.2) is 61.0 Å². The van der Waals surface area contributed by atoms with Crippen LogP contribution in [0, 0.1) is 11.3 Å². The molecule has 0 fully saturated rings. The SMILES string of the molecule is N#Cc1ncc(-c2ccc(CC=CC=CC(=O)O)cc2)cn1. The number of carboxylic acid groups (broad SMARTS) is 1. The van der Waals surface area contributed by atoms with E-state index < -0.39 is 5.97 Å². The summed E-state index contributed by atoms with van der Waals surface area (Å²) in [6.45, 7) is 0. The highest BCUT2D eigenvalue weighted by Gasteiger charge is 2.00. The summed E-state index contributed by atoms with van der Waals surface area (Å²) in [6.07, 6.45) is 10.1. The van der Waals surface area contributed by atoms with E-state index in [2.05, 4.69) is 9.97 Å². The third-order valence-corrected chi connectivity index (χ3v) is 2.88. The second kappa shape index (κ2) is 7.50. The number of rotatable bonds is 5. The van der Waals surface area contributed by atoms with E-state index >= 15 is 0 Å². The molecule has 5 nitrogen and oxygen atoms in total. The molecule has 2 rings (SSSR count). The molecular weight excluding hydrogens is 278 g/mol. The Kier molecular flexibility index (Phi) is 5.16. The van der Waals surface area contributed by atoms with Crippen molar-refractivity contribution < 1.29 is 9.90 Å². The molecule has 0 unspecified atom stereocenters. The topological polar surface area (TPSA) is 86.9 Å². The zero-order chi connectivity index (χ0) is 15.8. The maximum Gasteiger partial charge on any atom is 0.328 e. The molecular formula is C17H13N3O2. The number of aromatic nitrogens is 2. The van der Waals surface area contributed by atoms with E-state index in [4.69, 9.17) is 10.4 Å². The van der Waals surface area contributed by atoms with E-state index in [0.29, 0.717) is 6.42 Å². The van der Waals surface area contributed by atoms with E-state index in [-0.39, 0.29) is 5.82 Å². The highest BCUT2D eigenvalue weighted by atomic mass is 16.4. The van der Waals surface area contributed by atoms with Crippen molar-refractivity contribution in [3.8, 4) is 17.2 Å². The minimum atomic E-state index is -0.960. The van der Waals surface area contributed by atoms with Gasteiger partial charge in [0, 0.05) is 24.0 Å². The monoisotopic (exact) mass is 291 g/mol. The van der Waals surface area contributed by atoms with Gasteiger partial charge in [0.15, 0.2) is 0 Å². The minimum absolute atomic E-state index is 0.153. The molecule has 22 heavy (non-hydrogen) atoms. The summed E-state index contributed by atoms with van der Waals surface area (Å²) in [5.74, 6) is -0.807. The lowest BCUT2D eigenvalue weighted by molar-refractivity contribution is -0.131. The summed E-state index contributed by atoms with van der Waals surface area (Å²) in [4.78, 5) is 18.2. The molecule has 0 amide bonds. The Bertz CT molecular complexity index is 739. The largest absolute Gasteiger partial charge is 0.478 e. The Morgan fingerprint density at radius 3 is 2.41 bits per heavy atom. The summed E-state index contributed by atoms with van der Waals surface area (Å²) in [6, 6.07) is 9.77. The molecule has 0 bridgehead atoms. The van der Waals surface area contributed by atoms with Crippen LogP contribution in [0.4, 0.5) is 0 Å². The average molecular weight is 291 g/mol. The van der Waals surface area contributed by atoms with Gasteiger partial charge in [-0.25, -0.2) is 14.8 Å². The Labute approximate surface area is 127 Å². The van der Waals surface area contributed by atoms with Gasteiger partial charge < -0.3 is 5.11 Å². The number of nitrogens with zero attached hydrogens (tertiary/aromatic N) is 3.